The summed E-state index contributed by atoms with van der Waals surface area (Å²) in [6.45, 7) is 12.1. The van der Waals surface area contributed by atoms with E-state index in [1.54, 1.807) is 25.1 Å². The quantitative estimate of drug-likeness (QED) is 0.418. The Labute approximate surface area is 141 Å². The predicted molar refractivity (Wildman–Crippen MR) is 96.7 cm³/mol. The van der Waals surface area contributed by atoms with Crippen molar-refractivity contribution in [3.63, 3.8) is 0 Å². The molecule has 1 fully saturated rings. The zero-order valence-electron chi connectivity index (χ0n) is 15.2. The number of hydrogen-bond donors (Lipinski definition) is 2. The number of nitrogens with one attached hydrogen (secondary N) is 2. The monoisotopic (exact) mass is 323 g/mol. The van der Waals surface area contributed by atoms with E-state index in [1.807, 2.05) is 0 Å². The summed E-state index contributed by atoms with van der Waals surface area (Å²) in [7, 11) is 3.48. The molecule has 0 radical (unpaired) electrons. The van der Waals surface area contributed by atoms with E-state index in [0.29, 0.717) is 12.5 Å². The van der Waals surface area contributed by atoms with Gasteiger partial charge in [0, 0.05) is 32.7 Å². The first-order valence-corrected chi connectivity index (χ1v) is 8.45. The van der Waals surface area contributed by atoms with Gasteiger partial charge in [-0.05, 0) is 39.8 Å². The molecule has 0 aromatic carbocycles. The van der Waals surface area contributed by atoms with Crippen molar-refractivity contribution >= 4 is 11.9 Å². The van der Waals surface area contributed by atoms with Gasteiger partial charge in [-0.1, -0.05) is 12.5 Å². The molecule has 1 rings (SSSR count). The van der Waals surface area contributed by atoms with Gasteiger partial charge in [-0.25, -0.2) is 4.99 Å². The average molecular weight is 323 g/mol. The number of likely N-dealkylation sites (N-methyl/N-ethyl adjacent to an activating group) is 1. The van der Waals surface area contributed by atoms with Crippen LogP contribution in [0.5, 0.6) is 0 Å². The molecule has 0 spiro atoms. The lowest BCUT2D eigenvalue weighted by atomic mass is 9.98. The predicted octanol–water partition coefficient (Wildman–Crippen LogP) is 1.06. The summed E-state index contributed by atoms with van der Waals surface area (Å²) in [5.41, 5.74) is 0.0581. The highest BCUT2D eigenvalue weighted by Gasteiger charge is 2.27. The molecule has 1 heterocycles. The second-order valence-electron chi connectivity index (χ2n) is 6.84. The van der Waals surface area contributed by atoms with Crippen molar-refractivity contribution in [3.05, 3.63) is 12.7 Å². The van der Waals surface area contributed by atoms with Crippen molar-refractivity contribution < 1.29 is 4.79 Å². The topological polar surface area (TPSA) is 60.0 Å². The molecule has 6 heteroatoms. The molecule has 1 amide bonds. The second kappa shape index (κ2) is 9.55. The van der Waals surface area contributed by atoms with E-state index < -0.39 is 0 Å². The molecular weight excluding hydrogens is 290 g/mol. The summed E-state index contributed by atoms with van der Waals surface area (Å²) in [6, 6.07) is 0. The molecule has 6 nitrogen and oxygen atoms in total. The molecule has 0 aromatic rings. The minimum Gasteiger partial charge on any atom is -0.355 e. The number of aliphatic imine (C=N–C) groups is 1. The fourth-order valence-corrected chi connectivity index (χ4v) is 2.54. The number of rotatable bonds is 7. The third-order valence-electron chi connectivity index (χ3n) is 4.19. The summed E-state index contributed by atoms with van der Waals surface area (Å²) >= 11 is 0. The number of carbonyl (C=O) groups excluding carboxylic acids is 1. The Bertz CT molecular complexity index is 411. The van der Waals surface area contributed by atoms with Crippen LogP contribution in [0, 0.1) is 0 Å². The smallest absolute Gasteiger partial charge is 0.243 e. The molecule has 1 saturated heterocycles. The van der Waals surface area contributed by atoms with E-state index in [0.717, 1.165) is 19.6 Å². The molecule has 23 heavy (non-hydrogen) atoms. The molecule has 0 aromatic heterocycles. The first kappa shape index (κ1) is 19.5. The maximum Gasteiger partial charge on any atom is 0.243 e. The number of hydrogen-bond acceptors (Lipinski definition) is 3. The van der Waals surface area contributed by atoms with Gasteiger partial charge in [-0.3, -0.25) is 9.69 Å². The zero-order chi connectivity index (χ0) is 17.3. The highest BCUT2D eigenvalue weighted by Crippen LogP contribution is 2.19. The van der Waals surface area contributed by atoms with E-state index in [-0.39, 0.29) is 18.0 Å². The van der Waals surface area contributed by atoms with Gasteiger partial charge in [0.05, 0.1) is 0 Å². The summed E-state index contributed by atoms with van der Waals surface area (Å²) in [4.78, 5) is 20.1. The molecule has 0 unspecified atom stereocenters. The van der Waals surface area contributed by atoms with Crippen LogP contribution in [0.3, 0.4) is 0 Å². The van der Waals surface area contributed by atoms with Crippen molar-refractivity contribution in [2.75, 3.05) is 46.8 Å². The molecule has 0 atom stereocenters. The highest BCUT2D eigenvalue weighted by atomic mass is 16.2. The third kappa shape index (κ3) is 7.03. The summed E-state index contributed by atoms with van der Waals surface area (Å²) in [6.07, 6.45) is 5.66. The summed E-state index contributed by atoms with van der Waals surface area (Å²) in [5.74, 6) is 0.644. The van der Waals surface area contributed by atoms with Gasteiger partial charge in [0.15, 0.2) is 5.96 Å². The van der Waals surface area contributed by atoms with Gasteiger partial charge in [0.1, 0.15) is 6.54 Å². The van der Waals surface area contributed by atoms with E-state index >= 15 is 0 Å². The van der Waals surface area contributed by atoms with Crippen LogP contribution in [0.25, 0.3) is 0 Å². The van der Waals surface area contributed by atoms with Crippen LogP contribution < -0.4 is 10.6 Å². The Morgan fingerprint density at radius 2 is 1.91 bits per heavy atom. The van der Waals surface area contributed by atoms with E-state index in [9.17, 15) is 4.79 Å². The van der Waals surface area contributed by atoms with Crippen molar-refractivity contribution in [3.8, 4) is 0 Å². The van der Waals surface area contributed by atoms with Gasteiger partial charge in [-0.15, -0.1) is 6.58 Å². The number of guanidine groups is 1. The van der Waals surface area contributed by atoms with Crippen LogP contribution in [-0.2, 0) is 4.79 Å². The molecule has 0 aliphatic carbocycles. The van der Waals surface area contributed by atoms with Crippen LogP contribution in [0.15, 0.2) is 17.6 Å². The van der Waals surface area contributed by atoms with Crippen molar-refractivity contribution in [2.24, 2.45) is 4.99 Å². The Hall–Kier alpha value is -1.56. The van der Waals surface area contributed by atoms with Crippen molar-refractivity contribution in [2.45, 2.75) is 38.6 Å². The summed E-state index contributed by atoms with van der Waals surface area (Å²) in [5, 5.41) is 6.54. The first-order chi connectivity index (χ1) is 10.9. The van der Waals surface area contributed by atoms with E-state index in [1.165, 1.54) is 19.3 Å². The maximum atomic E-state index is 11.7. The number of likely N-dealkylation sites (tertiary alicyclic amines) is 1. The first-order valence-electron chi connectivity index (χ1n) is 8.45. The Morgan fingerprint density at radius 3 is 2.48 bits per heavy atom. The fraction of sp³-hybridized carbons (Fsp3) is 0.765. The molecule has 1 aliphatic rings. The van der Waals surface area contributed by atoms with Crippen molar-refractivity contribution in [1.82, 2.24) is 20.4 Å². The molecule has 0 saturated carbocycles. The third-order valence-corrected chi connectivity index (χ3v) is 4.19. The molecular formula is C17H33N5O. The van der Waals surface area contributed by atoms with Gasteiger partial charge in [-0.2, -0.15) is 0 Å². The lowest BCUT2D eigenvalue weighted by Crippen LogP contribution is -2.55. The van der Waals surface area contributed by atoms with Crippen molar-refractivity contribution in [1.29, 1.82) is 0 Å². The largest absolute Gasteiger partial charge is 0.355 e. The minimum absolute atomic E-state index is 0.0139. The molecule has 2 N–H and O–H groups in total. The zero-order valence-corrected chi connectivity index (χ0v) is 15.2. The second-order valence-corrected chi connectivity index (χ2v) is 6.84. The lowest BCUT2D eigenvalue weighted by Gasteiger charge is -2.41. The minimum atomic E-state index is -0.0139. The van der Waals surface area contributed by atoms with Gasteiger partial charge >= 0.3 is 0 Å². The van der Waals surface area contributed by atoms with E-state index in [4.69, 9.17) is 0 Å². The normalized spacial score (nSPS) is 16.8. The highest BCUT2D eigenvalue weighted by molar-refractivity contribution is 5.84. The maximum absolute atomic E-state index is 11.7. The van der Waals surface area contributed by atoms with Crippen LogP contribution in [0.2, 0.25) is 0 Å². The van der Waals surface area contributed by atoms with Gasteiger partial charge in [0.2, 0.25) is 5.91 Å². The molecule has 0 bridgehead atoms. The van der Waals surface area contributed by atoms with Crippen LogP contribution in [-0.4, -0.2) is 74.0 Å². The van der Waals surface area contributed by atoms with Crippen LogP contribution in [0.1, 0.15) is 33.1 Å². The molecule has 1 aliphatic heterocycles. The lowest BCUT2D eigenvalue weighted by molar-refractivity contribution is -0.127. The fourth-order valence-electron chi connectivity index (χ4n) is 2.54. The number of nitrogens with zero attached hydrogens (tertiary/aromatic N) is 3. The van der Waals surface area contributed by atoms with Gasteiger partial charge in [0.25, 0.3) is 0 Å². The SMILES string of the molecule is C=CCNC(=NCC(=O)N(C)C)NCC(C)(C)N1CCCCC1. The number of amides is 1. The van der Waals surface area contributed by atoms with Crippen LogP contribution in [0.4, 0.5) is 0 Å². The Morgan fingerprint density at radius 1 is 1.26 bits per heavy atom. The number of carbonyl (C=O) groups is 1. The Kier molecular flexibility index (Phi) is 8.09. The standard InChI is InChI=1S/C17H33N5O/c1-6-10-18-16(19-13-15(23)21(4)5)20-14-17(2,3)22-11-8-7-9-12-22/h6H,1,7-14H2,2-5H3,(H2,18,19,20). The summed E-state index contributed by atoms with van der Waals surface area (Å²) < 4.78 is 0. The average Bonchev–Trinajstić information content (AvgIpc) is 2.54. The molecule has 132 valence electrons. The van der Waals surface area contributed by atoms with E-state index in [2.05, 4.69) is 41.0 Å². The van der Waals surface area contributed by atoms with Crippen LogP contribution >= 0.6 is 0 Å². The van der Waals surface area contributed by atoms with Gasteiger partial charge < -0.3 is 15.5 Å². The number of piperidine rings is 1. The Balaban J connectivity index is 2.59.